The molecule has 5 heteroatoms. The van der Waals surface area contributed by atoms with Gasteiger partial charge in [0.05, 0.1) is 5.56 Å². The molecule has 126 valence electrons. The molecule has 0 bridgehead atoms. The predicted octanol–water partition coefficient (Wildman–Crippen LogP) is 3.71. The van der Waals surface area contributed by atoms with Crippen molar-refractivity contribution in [2.75, 3.05) is 18.4 Å². The lowest BCUT2D eigenvalue weighted by molar-refractivity contribution is 0.0682. The van der Waals surface area contributed by atoms with E-state index in [0.717, 1.165) is 30.8 Å². The molecule has 0 radical (unpaired) electrons. The zero-order valence-electron chi connectivity index (χ0n) is 14.5. The third-order valence-electron chi connectivity index (χ3n) is 4.48. The van der Waals surface area contributed by atoms with Crippen LogP contribution < -0.4 is 5.32 Å². The predicted molar refractivity (Wildman–Crippen MR) is 95.5 cm³/mol. The first kappa shape index (κ1) is 16.4. The molecule has 1 aromatic carbocycles. The number of aryl methyl sites for hydroxylation is 2. The second-order valence-corrected chi connectivity index (χ2v) is 6.74. The molecule has 1 aromatic heterocycles. The molecule has 1 atom stereocenters. The molecule has 0 saturated carbocycles. The smallest absolute Gasteiger partial charge is 0.257 e. The Morgan fingerprint density at radius 3 is 2.71 bits per heavy atom. The first-order chi connectivity index (χ1) is 11.5. The fraction of sp³-hybridized carbons (Fsp3) is 0.421. The number of carbonyl (C=O) groups excluding carboxylic acids is 1. The Morgan fingerprint density at radius 1 is 1.25 bits per heavy atom. The molecule has 1 saturated heterocycles. The number of likely N-dealkylation sites (tertiary alicyclic amines) is 1. The number of nitrogens with zero attached hydrogens (tertiary/aromatic N) is 3. The Bertz CT molecular complexity index is 727. The summed E-state index contributed by atoms with van der Waals surface area (Å²) < 4.78 is 0. The van der Waals surface area contributed by atoms with Crippen LogP contribution in [0.15, 0.2) is 30.6 Å². The molecule has 1 amide bonds. The van der Waals surface area contributed by atoms with Gasteiger partial charge in [-0.2, -0.15) is 0 Å². The van der Waals surface area contributed by atoms with E-state index in [1.807, 2.05) is 18.7 Å². The third kappa shape index (κ3) is 3.72. The second kappa shape index (κ2) is 6.99. The Balaban J connectivity index is 1.71. The van der Waals surface area contributed by atoms with Crippen molar-refractivity contribution < 1.29 is 4.79 Å². The molecular weight excluding hydrogens is 300 g/mol. The Morgan fingerprint density at radius 2 is 2.00 bits per heavy atom. The van der Waals surface area contributed by atoms with E-state index >= 15 is 0 Å². The van der Waals surface area contributed by atoms with Crippen LogP contribution in [0.1, 0.15) is 41.3 Å². The molecule has 2 heterocycles. The summed E-state index contributed by atoms with van der Waals surface area (Å²) >= 11 is 0. The number of aromatic nitrogens is 2. The van der Waals surface area contributed by atoms with Gasteiger partial charge < -0.3 is 10.2 Å². The summed E-state index contributed by atoms with van der Waals surface area (Å²) in [7, 11) is 0. The maximum absolute atomic E-state index is 12.5. The lowest BCUT2D eigenvalue weighted by Gasteiger charge is -2.30. The van der Waals surface area contributed by atoms with Crippen LogP contribution in [0.5, 0.6) is 0 Å². The molecule has 1 unspecified atom stereocenters. The van der Waals surface area contributed by atoms with E-state index in [9.17, 15) is 4.79 Å². The van der Waals surface area contributed by atoms with Gasteiger partial charge in [0.2, 0.25) is 5.95 Å². The maximum atomic E-state index is 12.5. The number of anilines is 2. The highest BCUT2D eigenvalue weighted by atomic mass is 16.2. The Kier molecular flexibility index (Phi) is 4.79. The minimum atomic E-state index is 0.0276. The lowest BCUT2D eigenvalue weighted by Crippen LogP contribution is -2.39. The van der Waals surface area contributed by atoms with Gasteiger partial charge in [0, 0.05) is 31.2 Å². The van der Waals surface area contributed by atoms with E-state index in [4.69, 9.17) is 0 Å². The molecular formula is C19H24N4O. The molecule has 3 rings (SSSR count). The molecule has 1 fully saturated rings. The van der Waals surface area contributed by atoms with E-state index < -0.39 is 0 Å². The molecule has 24 heavy (non-hydrogen) atoms. The Labute approximate surface area is 143 Å². The van der Waals surface area contributed by atoms with Gasteiger partial charge in [-0.25, -0.2) is 9.97 Å². The Hall–Kier alpha value is -2.43. The first-order valence-electron chi connectivity index (χ1n) is 8.48. The molecule has 1 N–H and O–H groups in total. The average Bonchev–Trinajstić information content (AvgIpc) is 2.58. The SMILES string of the molecule is Cc1ccc(C)c(Nc2ncc(C(=O)N3CCCC(C)C3)cn2)c1. The van der Waals surface area contributed by atoms with Crippen molar-refractivity contribution in [3.63, 3.8) is 0 Å². The van der Waals surface area contributed by atoms with Crippen LogP contribution in [0.2, 0.25) is 0 Å². The number of hydrogen-bond acceptors (Lipinski definition) is 4. The number of benzene rings is 1. The van der Waals surface area contributed by atoms with Gasteiger partial charge in [-0.05, 0) is 49.8 Å². The van der Waals surface area contributed by atoms with Crippen LogP contribution in [-0.4, -0.2) is 33.9 Å². The van der Waals surface area contributed by atoms with Crippen molar-refractivity contribution >= 4 is 17.5 Å². The van der Waals surface area contributed by atoms with Gasteiger partial charge in [0.1, 0.15) is 0 Å². The fourth-order valence-corrected chi connectivity index (χ4v) is 3.05. The van der Waals surface area contributed by atoms with E-state index in [2.05, 4.69) is 40.4 Å². The van der Waals surface area contributed by atoms with Crippen LogP contribution in [-0.2, 0) is 0 Å². The third-order valence-corrected chi connectivity index (χ3v) is 4.48. The van der Waals surface area contributed by atoms with Crippen molar-refractivity contribution in [1.29, 1.82) is 0 Å². The lowest BCUT2D eigenvalue weighted by atomic mass is 10.00. The number of hydrogen-bond donors (Lipinski definition) is 1. The minimum Gasteiger partial charge on any atom is -0.338 e. The van der Waals surface area contributed by atoms with Gasteiger partial charge in [0.25, 0.3) is 5.91 Å². The van der Waals surface area contributed by atoms with Crippen molar-refractivity contribution in [3.05, 3.63) is 47.3 Å². The fourth-order valence-electron chi connectivity index (χ4n) is 3.05. The number of rotatable bonds is 3. The van der Waals surface area contributed by atoms with E-state index in [1.54, 1.807) is 12.4 Å². The van der Waals surface area contributed by atoms with Crippen LogP contribution in [0.4, 0.5) is 11.6 Å². The monoisotopic (exact) mass is 324 g/mol. The standard InChI is InChI=1S/C19H24N4O/c1-13-6-7-15(3)17(9-13)22-19-20-10-16(11-21-19)18(24)23-8-4-5-14(2)12-23/h6-7,9-11,14H,4-5,8,12H2,1-3H3,(H,20,21,22). The summed E-state index contributed by atoms with van der Waals surface area (Å²) in [6, 6.07) is 6.20. The minimum absolute atomic E-state index is 0.0276. The summed E-state index contributed by atoms with van der Waals surface area (Å²) in [6.07, 6.45) is 5.49. The van der Waals surface area contributed by atoms with Crippen LogP contribution >= 0.6 is 0 Å². The van der Waals surface area contributed by atoms with E-state index in [-0.39, 0.29) is 5.91 Å². The quantitative estimate of drug-likeness (QED) is 0.935. The number of carbonyl (C=O) groups is 1. The summed E-state index contributed by atoms with van der Waals surface area (Å²) in [4.78, 5) is 23.1. The van der Waals surface area contributed by atoms with Crippen molar-refractivity contribution in [2.45, 2.75) is 33.6 Å². The van der Waals surface area contributed by atoms with Gasteiger partial charge in [-0.1, -0.05) is 19.1 Å². The van der Waals surface area contributed by atoms with Gasteiger partial charge in [0.15, 0.2) is 0 Å². The second-order valence-electron chi connectivity index (χ2n) is 6.74. The number of amides is 1. The summed E-state index contributed by atoms with van der Waals surface area (Å²) in [6.45, 7) is 7.92. The first-order valence-corrected chi connectivity index (χ1v) is 8.48. The van der Waals surface area contributed by atoms with E-state index in [0.29, 0.717) is 17.4 Å². The summed E-state index contributed by atoms with van der Waals surface area (Å²) in [5.74, 6) is 1.10. The van der Waals surface area contributed by atoms with Crippen LogP contribution in [0.25, 0.3) is 0 Å². The zero-order chi connectivity index (χ0) is 17.1. The van der Waals surface area contributed by atoms with Crippen molar-refractivity contribution in [1.82, 2.24) is 14.9 Å². The summed E-state index contributed by atoms with van der Waals surface area (Å²) in [5.41, 5.74) is 3.84. The molecule has 0 aliphatic carbocycles. The van der Waals surface area contributed by atoms with Gasteiger partial charge in [-0.3, -0.25) is 4.79 Å². The van der Waals surface area contributed by atoms with E-state index in [1.165, 1.54) is 12.0 Å². The zero-order valence-corrected chi connectivity index (χ0v) is 14.5. The van der Waals surface area contributed by atoms with Crippen LogP contribution in [0, 0.1) is 19.8 Å². The topological polar surface area (TPSA) is 58.1 Å². The van der Waals surface area contributed by atoms with Crippen molar-refractivity contribution in [3.8, 4) is 0 Å². The number of piperidine rings is 1. The highest BCUT2D eigenvalue weighted by Crippen LogP contribution is 2.20. The number of nitrogens with one attached hydrogen (secondary N) is 1. The maximum Gasteiger partial charge on any atom is 0.257 e. The van der Waals surface area contributed by atoms with Gasteiger partial charge >= 0.3 is 0 Å². The molecule has 0 spiro atoms. The molecule has 1 aliphatic heterocycles. The summed E-state index contributed by atoms with van der Waals surface area (Å²) in [5, 5.41) is 3.22. The average molecular weight is 324 g/mol. The van der Waals surface area contributed by atoms with Gasteiger partial charge in [-0.15, -0.1) is 0 Å². The highest BCUT2D eigenvalue weighted by molar-refractivity contribution is 5.93. The van der Waals surface area contributed by atoms with Crippen LogP contribution in [0.3, 0.4) is 0 Å². The highest BCUT2D eigenvalue weighted by Gasteiger charge is 2.22. The van der Waals surface area contributed by atoms with Crippen molar-refractivity contribution in [2.24, 2.45) is 5.92 Å². The normalized spacial score (nSPS) is 17.6. The molecule has 2 aromatic rings. The molecule has 1 aliphatic rings. The largest absolute Gasteiger partial charge is 0.338 e. The molecule has 5 nitrogen and oxygen atoms in total.